The van der Waals surface area contributed by atoms with E-state index in [4.69, 9.17) is 20.9 Å². The predicted octanol–water partition coefficient (Wildman–Crippen LogP) is 4.92. The van der Waals surface area contributed by atoms with Crippen LogP contribution in [0.2, 0.25) is 5.02 Å². The van der Waals surface area contributed by atoms with E-state index < -0.39 is 22.8 Å². The molecule has 1 heterocycles. The van der Waals surface area contributed by atoms with Crippen molar-refractivity contribution in [1.82, 2.24) is 10.5 Å². The number of aliphatic carboxylic acids is 1. The quantitative estimate of drug-likeness (QED) is 0.432. The molecule has 184 valence electrons. The van der Waals surface area contributed by atoms with Crippen LogP contribution in [-0.2, 0) is 22.4 Å². The van der Waals surface area contributed by atoms with E-state index in [1.54, 1.807) is 24.3 Å². The molecule has 7 nitrogen and oxygen atoms in total. The van der Waals surface area contributed by atoms with Crippen molar-refractivity contribution in [2.24, 2.45) is 5.41 Å². The van der Waals surface area contributed by atoms with Crippen molar-refractivity contribution in [3.05, 3.63) is 76.4 Å². The number of nitrogens with one attached hydrogen (secondary N) is 1. The molecular weight excluding hydrogens is 475 g/mol. The van der Waals surface area contributed by atoms with Gasteiger partial charge in [-0.1, -0.05) is 47.9 Å². The summed E-state index contributed by atoms with van der Waals surface area (Å²) in [6.07, 6.45) is 1.38. The number of amides is 1. The Morgan fingerprint density at radius 1 is 1.20 bits per heavy atom. The Hall–Kier alpha value is -3.23. The average Bonchev–Trinajstić information content (AvgIpc) is 3.30. The van der Waals surface area contributed by atoms with Gasteiger partial charge >= 0.3 is 5.97 Å². The largest absolute Gasteiger partial charge is 0.481 e. The first kappa shape index (κ1) is 24.9. The van der Waals surface area contributed by atoms with Crippen LogP contribution in [0.25, 0.3) is 11.1 Å². The zero-order valence-electron chi connectivity index (χ0n) is 19.4. The maximum Gasteiger partial charge on any atom is 0.312 e. The average molecular weight is 501 g/mol. The Balaban J connectivity index is 1.59. The monoisotopic (exact) mass is 500 g/mol. The van der Waals surface area contributed by atoms with Gasteiger partial charge in [0.05, 0.1) is 17.7 Å². The first-order valence-electron chi connectivity index (χ1n) is 11.2. The SMILES string of the molecule is CCc1cc(C(=O)N[C@]2(Cc3ccc(-c4cc(Cl)ccc4F)cc3)C[C@@](COC)(C(=O)O)C2)on1. The molecule has 0 unspecified atom stereocenters. The Morgan fingerprint density at radius 2 is 1.91 bits per heavy atom. The smallest absolute Gasteiger partial charge is 0.312 e. The van der Waals surface area contributed by atoms with Crippen molar-refractivity contribution in [3.8, 4) is 11.1 Å². The van der Waals surface area contributed by atoms with Crippen LogP contribution < -0.4 is 5.32 Å². The molecule has 1 saturated carbocycles. The fourth-order valence-electron chi connectivity index (χ4n) is 4.89. The molecule has 0 saturated heterocycles. The number of carbonyl (C=O) groups excluding carboxylic acids is 1. The molecule has 2 aromatic carbocycles. The zero-order valence-corrected chi connectivity index (χ0v) is 20.2. The molecule has 0 spiro atoms. The Labute approximate surface area is 207 Å². The van der Waals surface area contributed by atoms with Gasteiger partial charge in [0.15, 0.2) is 0 Å². The van der Waals surface area contributed by atoms with E-state index in [2.05, 4.69) is 10.5 Å². The summed E-state index contributed by atoms with van der Waals surface area (Å²) in [5.74, 6) is -1.73. The summed E-state index contributed by atoms with van der Waals surface area (Å²) in [5, 5.41) is 17.1. The number of ether oxygens (including phenoxy) is 1. The Kier molecular flexibility index (Phi) is 6.96. The fraction of sp³-hybridized carbons (Fsp3) is 0.346. The lowest BCUT2D eigenvalue weighted by Gasteiger charge is -2.54. The van der Waals surface area contributed by atoms with Crippen molar-refractivity contribution in [2.45, 2.75) is 38.1 Å². The third-order valence-corrected chi connectivity index (χ3v) is 6.72. The summed E-state index contributed by atoms with van der Waals surface area (Å²) in [5.41, 5.74) is 0.643. The summed E-state index contributed by atoms with van der Waals surface area (Å²) >= 11 is 6.02. The summed E-state index contributed by atoms with van der Waals surface area (Å²) < 4.78 is 24.6. The highest BCUT2D eigenvalue weighted by atomic mass is 35.5. The van der Waals surface area contributed by atoms with Gasteiger partial charge in [-0.2, -0.15) is 0 Å². The van der Waals surface area contributed by atoms with Gasteiger partial charge in [0.1, 0.15) is 5.82 Å². The molecule has 4 rings (SSSR count). The van der Waals surface area contributed by atoms with Crippen LogP contribution >= 0.6 is 11.6 Å². The van der Waals surface area contributed by atoms with Crippen LogP contribution in [0.5, 0.6) is 0 Å². The molecule has 1 aromatic heterocycles. The molecule has 2 N–H and O–H groups in total. The molecule has 0 bridgehead atoms. The van der Waals surface area contributed by atoms with Gasteiger partial charge in [-0.3, -0.25) is 9.59 Å². The second-order valence-electron chi connectivity index (χ2n) is 9.14. The highest BCUT2D eigenvalue weighted by Crippen LogP contribution is 2.51. The van der Waals surface area contributed by atoms with Gasteiger partial charge in [-0.25, -0.2) is 4.39 Å². The minimum absolute atomic E-state index is 0.0369. The van der Waals surface area contributed by atoms with Crippen LogP contribution in [0.1, 0.15) is 41.6 Å². The van der Waals surface area contributed by atoms with Gasteiger partial charge in [0.2, 0.25) is 5.76 Å². The van der Waals surface area contributed by atoms with Crippen LogP contribution in [0.4, 0.5) is 4.39 Å². The number of aromatic nitrogens is 1. The third kappa shape index (κ3) is 5.09. The molecule has 1 aliphatic rings. The maximum atomic E-state index is 14.3. The van der Waals surface area contributed by atoms with Gasteiger partial charge in [-0.05, 0) is 55.0 Å². The van der Waals surface area contributed by atoms with Crippen molar-refractivity contribution in [1.29, 1.82) is 0 Å². The Bertz CT molecular complexity index is 1230. The summed E-state index contributed by atoms with van der Waals surface area (Å²) in [6.45, 7) is 1.94. The van der Waals surface area contributed by atoms with E-state index in [1.807, 2.05) is 19.1 Å². The normalized spacial score (nSPS) is 21.4. The van der Waals surface area contributed by atoms with Gasteiger partial charge < -0.3 is 19.7 Å². The molecule has 1 aliphatic carbocycles. The first-order valence-corrected chi connectivity index (χ1v) is 11.6. The molecule has 0 atom stereocenters. The number of carboxylic acid groups (broad SMARTS) is 1. The highest BCUT2D eigenvalue weighted by Gasteiger charge is 2.60. The van der Waals surface area contributed by atoms with Crippen LogP contribution in [0.3, 0.4) is 0 Å². The summed E-state index contributed by atoms with van der Waals surface area (Å²) in [7, 11) is 1.46. The zero-order chi connectivity index (χ0) is 25.2. The number of aryl methyl sites for hydroxylation is 1. The van der Waals surface area contributed by atoms with Crippen LogP contribution in [0.15, 0.2) is 53.1 Å². The van der Waals surface area contributed by atoms with Crippen molar-refractivity contribution >= 4 is 23.5 Å². The summed E-state index contributed by atoms with van der Waals surface area (Å²) in [4.78, 5) is 25.0. The molecule has 35 heavy (non-hydrogen) atoms. The number of halogens is 2. The molecule has 3 aromatic rings. The van der Waals surface area contributed by atoms with Crippen LogP contribution in [0, 0.1) is 11.2 Å². The molecule has 1 amide bonds. The van der Waals surface area contributed by atoms with Crippen molar-refractivity contribution < 1.29 is 28.3 Å². The number of rotatable bonds is 9. The van der Waals surface area contributed by atoms with E-state index >= 15 is 0 Å². The molecule has 0 aliphatic heterocycles. The number of hydrogen-bond acceptors (Lipinski definition) is 5. The second-order valence-corrected chi connectivity index (χ2v) is 9.58. The number of nitrogens with zero attached hydrogens (tertiary/aromatic N) is 1. The minimum Gasteiger partial charge on any atom is -0.481 e. The van der Waals surface area contributed by atoms with E-state index in [1.165, 1.54) is 19.2 Å². The van der Waals surface area contributed by atoms with E-state index in [-0.39, 0.29) is 31.0 Å². The minimum atomic E-state index is -1.10. The molecule has 9 heteroatoms. The fourth-order valence-corrected chi connectivity index (χ4v) is 5.06. The van der Waals surface area contributed by atoms with Gasteiger partial charge in [0, 0.05) is 29.3 Å². The standard InChI is InChI=1S/C26H26ClFN2O5/c1-3-19-11-22(35-30-19)23(31)29-26(13-25(14-26,15-34-2)24(32)33)12-16-4-6-17(7-5-16)20-10-18(27)8-9-21(20)28/h4-11H,3,12-15H2,1-2H3,(H,29,31)(H,32,33)/t25-,26-. The Morgan fingerprint density at radius 3 is 2.51 bits per heavy atom. The number of carboxylic acids is 1. The summed E-state index contributed by atoms with van der Waals surface area (Å²) in [6, 6.07) is 13.2. The number of hydrogen-bond donors (Lipinski definition) is 2. The van der Waals surface area contributed by atoms with Crippen LogP contribution in [-0.4, -0.2) is 41.4 Å². The third-order valence-electron chi connectivity index (χ3n) is 6.49. The predicted molar refractivity (Wildman–Crippen MR) is 128 cm³/mol. The molecule has 0 radical (unpaired) electrons. The van der Waals surface area contributed by atoms with Gasteiger partial charge in [0.25, 0.3) is 5.91 Å². The lowest BCUT2D eigenvalue weighted by Crippen LogP contribution is -2.66. The van der Waals surface area contributed by atoms with Crippen molar-refractivity contribution in [3.63, 3.8) is 0 Å². The van der Waals surface area contributed by atoms with E-state index in [9.17, 15) is 19.1 Å². The van der Waals surface area contributed by atoms with Gasteiger partial charge in [-0.15, -0.1) is 0 Å². The topological polar surface area (TPSA) is 102 Å². The highest BCUT2D eigenvalue weighted by molar-refractivity contribution is 6.30. The molecular formula is C26H26ClFN2O5. The van der Waals surface area contributed by atoms with E-state index in [0.717, 1.165) is 5.56 Å². The first-order chi connectivity index (χ1) is 16.7. The number of carbonyl (C=O) groups is 2. The number of benzene rings is 2. The lowest BCUT2D eigenvalue weighted by atomic mass is 9.55. The second kappa shape index (κ2) is 9.79. The molecule has 1 fully saturated rings. The maximum absolute atomic E-state index is 14.3. The van der Waals surface area contributed by atoms with Crippen molar-refractivity contribution in [2.75, 3.05) is 13.7 Å². The number of methoxy groups -OCH3 is 1. The lowest BCUT2D eigenvalue weighted by molar-refractivity contribution is -0.167. The van der Waals surface area contributed by atoms with E-state index in [0.29, 0.717) is 34.7 Å².